The Morgan fingerprint density at radius 3 is 2.48 bits per heavy atom. The highest BCUT2D eigenvalue weighted by molar-refractivity contribution is 14.0. The number of nitrogens with one attached hydrogen (secondary N) is 2. The van der Waals surface area contributed by atoms with Gasteiger partial charge in [-0.2, -0.15) is 11.8 Å². The van der Waals surface area contributed by atoms with Crippen molar-refractivity contribution < 1.29 is 0 Å². The SMILES string of the molecule is CN=C(NCc1ccc(N2CCSCC2)cc1)NC1CC1C.I. The van der Waals surface area contributed by atoms with E-state index in [1.165, 1.54) is 42.3 Å². The Bertz CT molecular complexity index is 514. The predicted molar refractivity (Wildman–Crippen MR) is 112 cm³/mol. The van der Waals surface area contributed by atoms with E-state index >= 15 is 0 Å². The van der Waals surface area contributed by atoms with Crippen LogP contribution >= 0.6 is 35.7 Å². The predicted octanol–water partition coefficient (Wildman–Crippen LogP) is 2.93. The van der Waals surface area contributed by atoms with Crippen LogP contribution in [0.25, 0.3) is 0 Å². The van der Waals surface area contributed by atoms with Gasteiger partial charge >= 0.3 is 0 Å². The Balaban J connectivity index is 0.00000192. The summed E-state index contributed by atoms with van der Waals surface area (Å²) in [6.45, 7) is 5.41. The highest BCUT2D eigenvalue weighted by atomic mass is 127. The summed E-state index contributed by atoms with van der Waals surface area (Å²) >= 11 is 2.05. The number of thioether (sulfide) groups is 1. The van der Waals surface area contributed by atoms with Gasteiger partial charge in [-0.15, -0.1) is 24.0 Å². The number of benzene rings is 1. The van der Waals surface area contributed by atoms with Crippen LogP contribution < -0.4 is 15.5 Å². The van der Waals surface area contributed by atoms with Gasteiger partial charge in [0.1, 0.15) is 0 Å². The van der Waals surface area contributed by atoms with Gasteiger partial charge < -0.3 is 15.5 Å². The molecule has 0 spiro atoms. The number of anilines is 1. The molecule has 1 aromatic rings. The smallest absolute Gasteiger partial charge is 0.191 e. The van der Waals surface area contributed by atoms with Crippen LogP contribution in [-0.2, 0) is 6.54 Å². The van der Waals surface area contributed by atoms with Crippen molar-refractivity contribution in [2.75, 3.05) is 36.5 Å². The first-order valence-electron chi connectivity index (χ1n) is 8.15. The molecule has 0 radical (unpaired) electrons. The van der Waals surface area contributed by atoms with Gasteiger partial charge in [-0.25, -0.2) is 0 Å². The number of hydrogen-bond acceptors (Lipinski definition) is 3. The minimum absolute atomic E-state index is 0. The van der Waals surface area contributed by atoms with Gasteiger partial charge in [0.25, 0.3) is 0 Å². The summed E-state index contributed by atoms with van der Waals surface area (Å²) in [7, 11) is 1.83. The Labute approximate surface area is 160 Å². The molecular formula is C17H27IN4S. The van der Waals surface area contributed by atoms with Crippen molar-refractivity contribution >= 4 is 47.4 Å². The van der Waals surface area contributed by atoms with Gasteiger partial charge in [-0.3, -0.25) is 4.99 Å². The number of guanidine groups is 1. The molecule has 4 nitrogen and oxygen atoms in total. The van der Waals surface area contributed by atoms with Crippen molar-refractivity contribution in [3.8, 4) is 0 Å². The van der Waals surface area contributed by atoms with Crippen molar-refractivity contribution in [3.63, 3.8) is 0 Å². The van der Waals surface area contributed by atoms with E-state index in [1.807, 2.05) is 18.8 Å². The molecule has 2 fully saturated rings. The monoisotopic (exact) mass is 446 g/mol. The fraction of sp³-hybridized carbons (Fsp3) is 0.588. The van der Waals surface area contributed by atoms with E-state index < -0.39 is 0 Å². The van der Waals surface area contributed by atoms with Gasteiger partial charge in [0, 0.05) is 49.9 Å². The first kappa shape index (κ1) is 18.7. The van der Waals surface area contributed by atoms with Gasteiger partial charge in [0.2, 0.25) is 0 Å². The summed E-state index contributed by atoms with van der Waals surface area (Å²) in [4.78, 5) is 6.77. The maximum Gasteiger partial charge on any atom is 0.191 e. The Kier molecular flexibility index (Phi) is 7.33. The van der Waals surface area contributed by atoms with E-state index in [4.69, 9.17) is 0 Å². The Morgan fingerprint density at radius 1 is 1.26 bits per heavy atom. The topological polar surface area (TPSA) is 39.7 Å². The number of halogens is 1. The van der Waals surface area contributed by atoms with Crippen LogP contribution in [0.4, 0.5) is 5.69 Å². The molecule has 1 aliphatic carbocycles. The molecule has 0 bridgehead atoms. The van der Waals surface area contributed by atoms with Gasteiger partial charge in [-0.1, -0.05) is 19.1 Å². The fourth-order valence-electron chi connectivity index (χ4n) is 2.73. The highest BCUT2D eigenvalue weighted by Crippen LogP contribution is 2.28. The molecule has 1 saturated heterocycles. The van der Waals surface area contributed by atoms with Crippen molar-refractivity contribution in [2.24, 2.45) is 10.9 Å². The van der Waals surface area contributed by atoms with Crippen LogP contribution in [0.2, 0.25) is 0 Å². The zero-order valence-corrected chi connectivity index (χ0v) is 17.1. The molecule has 128 valence electrons. The number of nitrogens with zero attached hydrogens (tertiary/aromatic N) is 2. The van der Waals surface area contributed by atoms with Gasteiger partial charge in [-0.05, 0) is 30.0 Å². The average Bonchev–Trinajstić information content (AvgIpc) is 3.27. The van der Waals surface area contributed by atoms with Crippen LogP contribution in [0.3, 0.4) is 0 Å². The molecule has 2 atom stereocenters. The molecule has 1 heterocycles. The lowest BCUT2D eigenvalue weighted by Gasteiger charge is -2.28. The summed E-state index contributed by atoms with van der Waals surface area (Å²) in [6, 6.07) is 9.53. The van der Waals surface area contributed by atoms with Crippen LogP contribution in [0.1, 0.15) is 18.9 Å². The number of rotatable bonds is 4. The highest BCUT2D eigenvalue weighted by Gasteiger charge is 2.33. The molecule has 6 heteroatoms. The summed E-state index contributed by atoms with van der Waals surface area (Å²) < 4.78 is 0. The normalized spacial score (nSPS) is 23.9. The van der Waals surface area contributed by atoms with E-state index in [2.05, 4.69) is 51.7 Å². The van der Waals surface area contributed by atoms with Crippen molar-refractivity contribution in [1.29, 1.82) is 0 Å². The zero-order valence-electron chi connectivity index (χ0n) is 13.9. The third-order valence-corrected chi connectivity index (χ3v) is 5.37. The molecule has 2 N–H and O–H groups in total. The largest absolute Gasteiger partial charge is 0.370 e. The quantitative estimate of drug-likeness (QED) is 0.424. The van der Waals surface area contributed by atoms with Gasteiger partial charge in [0.15, 0.2) is 5.96 Å². The maximum atomic E-state index is 4.29. The van der Waals surface area contributed by atoms with E-state index in [0.29, 0.717) is 6.04 Å². The van der Waals surface area contributed by atoms with E-state index in [0.717, 1.165) is 18.4 Å². The van der Waals surface area contributed by atoms with Crippen LogP contribution in [-0.4, -0.2) is 43.6 Å². The molecule has 0 amide bonds. The average molecular weight is 446 g/mol. The molecule has 2 unspecified atom stereocenters. The lowest BCUT2D eigenvalue weighted by molar-refractivity contribution is 0.763. The second kappa shape index (κ2) is 9.01. The first-order valence-corrected chi connectivity index (χ1v) is 9.30. The van der Waals surface area contributed by atoms with Crippen molar-refractivity contribution in [1.82, 2.24) is 10.6 Å². The third-order valence-electron chi connectivity index (χ3n) is 4.43. The first-order chi connectivity index (χ1) is 10.8. The zero-order chi connectivity index (χ0) is 15.4. The van der Waals surface area contributed by atoms with Crippen molar-refractivity contribution in [3.05, 3.63) is 29.8 Å². The standard InChI is InChI=1S/C17H26N4S.HI/c1-13-11-16(13)20-17(18-2)19-12-14-3-5-15(6-4-14)21-7-9-22-10-8-21;/h3-6,13,16H,7-12H2,1-2H3,(H2,18,19,20);1H. The third kappa shape index (κ3) is 5.45. The molecule has 23 heavy (non-hydrogen) atoms. The minimum atomic E-state index is 0. The molecule has 1 aliphatic heterocycles. The second-order valence-electron chi connectivity index (χ2n) is 6.16. The lowest BCUT2D eigenvalue weighted by atomic mass is 10.2. The summed E-state index contributed by atoms with van der Waals surface area (Å²) in [6.07, 6.45) is 1.25. The molecule has 3 rings (SSSR count). The second-order valence-corrected chi connectivity index (χ2v) is 7.38. The van der Waals surface area contributed by atoms with Crippen LogP contribution in [0.5, 0.6) is 0 Å². The summed E-state index contributed by atoms with van der Waals surface area (Å²) in [5, 5.41) is 6.85. The molecule has 1 aromatic carbocycles. The Morgan fingerprint density at radius 2 is 1.91 bits per heavy atom. The van der Waals surface area contributed by atoms with Gasteiger partial charge in [0.05, 0.1) is 0 Å². The Hall–Kier alpha value is -0.630. The molecule has 1 saturated carbocycles. The summed E-state index contributed by atoms with van der Waals surface area (Å²) in [5.41, 5.74) is 2.64. The maximum absolute atomic E-state index is 4.29. The van der Waals surface area contributed by atoms with E-state index in [1.54, 1.807) is 0 Å². The van der Waals surface area contributed by atoms with E-state index in [-0.39, 0.29) is 24.0 Å². The number of aliphatic imine (C=N–C) groups is 1. The fourth-order valence-corrected chi connectivity index (χ4v) is 3.63. The summed E-state index contributed by atoms with van der Waals surface area (Å²) in [5.74, 6) is 4.17. The molecule has 2 aliphatic rings. The molecular weight excluding hydrogens is 419 g/mol. The van der Waals surface area contributed by atoms with Crippen LogP contribution in [0.15, 0.2) is 29.3 Å². The van der Waals surface area contributed by atoms with Crippen molar-refractivity contribution in [2.45, 2.75) is 25.9 Å². The number of hydrogen-bond donors (Lipinski definition) is 2. The molecule has 0 aromatic heterocycles. The van der Waals surface area contributed by atoms with E-state index in [9.17, 15) is 0 Å². The van der Waals surface area contributed by atoms with Crippen LogP contribution in [0, 0.1) is 5.92 Å². The lowest BCUT2D eigenvalue weighted by Crippen LogP contribution is -2.38. The minimum Gasteiger partial charge on any atom is -0.370 e.